The normalized spacial score (nSPS) is 16.3. The van der Waals surface area contributed by atoms with E-state index in [1.807, 2.05) is 0 Å². The van der Waals surface area contributed by atoms with E-state index in [9.17, 15) is 22.4 Å². The van der Waals surface area contributed by atoms with Crippen molar-refractivity contribution in [2.45, 2.75) is 4.90 Å². The average molecular weight is 496 g/mol. The SMILES string of the molecule is O=C(CN1c2ccc(F)cc2-c2ccccc2S1(=O)=O)Nc1ccccc1C(=O)N1CCOCC1. The van der Waals surface area contributed by atoms with Crippen molar-refractivity contribution in [3.63, 3.8) is 0 Å². The molecule has 1 fully saturated rings. The van der Waals surface area contributed by atoms with E-state index in [2.05, 4.69) is 5.32 Å². The third-order valence-corrected chi connectivity index (χ3v) is 7.81. The number of nitrogens with one attached hydrogen (secondary N) is 1. The molecule has 0 radical (unpaired) electrons. The summed E-state index contributed by atoms with van der Waals surface area (Å²) in [4.78, 5) is 27.7. The summed E-state index contributed by atoms with van der Waals surface area (Å²) in [6.07, 6.45) is 0. The molecule has 0 unspecified atom stereocenters. The minimum absolute atomic E-state index is 0.00575. The number of sulfonamides is 1. The van der Waals surface area contributed by atoms with Crippen molar-refractivity contribution in [1.82, 2.24) is 4.90 Å². The van der Waals surface area contributed by atoms with Crippen LogP contribution in [-0.2, 0) is 19.6 Å². The summed E-state index contributed by atoms with van der Waals surface area (Å²) in [5.41, 5.74) is 1.55. The Bertz CT molecular complexity index is 1420. The highest BCUT2D eigenvalue weighted by atomic mass is 32.2. The second-order valence-corrected chi connectivity index (χ2v) is 10.00. The van der Waals surface area contributed by atoms with Crippen LogP contribution in [0.5, 0.6) is 0 Å². The number of hydrogen-bond donors (Lipinski definition) is 1. The number of anilines is 2. The predicted octanol–water partition coefficient (Wildman–Crippen LogP) is 3.11. The van der Waals surface area contributed by atoms with Crippen LogP contribution in [0.25, 0.3) is 11.1 Å². The fourth-order valence-corrected chi connectivity index (χ4v) is 5.96. The van der Waals surface area contributed by atoms with E-state index < -0.39 is 28.3 Å². The molecule has 0 spiro atoms. The standard InChI is InChI=1S/C25H22FN3O5S/c26-17-9-10-22-20(15-17)18-5-2-4-8-23(18)35(32,33)29(22)16-24(30)27-21-7-3-1-6-19(21)25(31)28-11-13-34-14-12-28/h1-10,15H,11-14,16H2,(H,27,30). The molecule has 2 aliphatic rings. The van der Waals surface area contributed by atoms with Crippen LogP contribution in [0.2, 0.25) is 0 Å². The van der Waals surface area contributed by atoms with E-state index >= 15 is 0 Å². The molecule has 10 heteroatoms. The van der Waals surface area contributed by atoms with E-state index in [0.29, 0.717) is 43.0 Å². The van der Waals surface area contributed by atoms with Gasteiger partial charge in [0.25, 0.3) is 15.9 Å². The maximum absolute atomic E-state index is 14.0. The molecule has 0 aromatic heterocycles. The molecule has 0 saturated carbocycles. The Morgan fingerprint density at radius 3 is 2.46 bits per heavy atom. The maximum Gasteiger partial charge on any atom is 0.265 e. The lowest BCUT2D eigenvalue weighted by Gasteiger charge is -2.31. The molecule has 1 saturated heterocycles. The predicted molar refractivity (Wildman–Crippen MR) is 128 cm³/mol. The smallest absolute Gasteiger partial charge is 0.265 e. The van der Waals surface area contributed by atoms with E-state index in [0.717, 1.165) is 10.4 Å². The fourth-order valence-electron chi connectivity index (χ4n) is 4.31. The zero-order valence-electron chi connectivity index (χ0n) is 18.6. The number of ether oxygens (including phenoxy) is 1. The van der Waals surface area contributed by atoms with Gasteiger partial charge in [-0.3, -0.25) is 13.9 Å². The Balaban J connectivity index is 1.44. The molecule has 5 rings (SSSR count). The quantitative estimate of drug-likeness (QED) is 0.600. The van der Waals surface area contributed by atoms with Gasteiger partial charge in [0.15, 0.2) is 0 Å². The first-order chi connectivity index (χ1) is 16.9. The highest BCUT2D eigenvalue weighted by Crippen LogP contribution is 2.43. The molecule has 3 aromatic rings. The van der Waals surface area contributed by atoms with Crippen molar-refractivity contribution in [3.8, 4) is 11.1 Å². The number of benzene rings is 3. The highest BCUT2D eigenvalue weighted by molar-refractivity contribution is 7.93. The van der Waals surface area contributed by atoms with E-state index in [4.69, 9.17) is 4.74 Å². The fraction of sp³-hybridized carbons (Fsp3) is 0.200. The van der Waals surface area contributed by atoms with Gasteiger partial charge in [-0.25, -0.2) is 12.8 Å². The maximum atomic E-state index is 14.0. The molecule has 35 heavy (non-hydrogen) atoms. The summed E-state index contributed by atoms with van der Waals surface area (Å²) in [7, 11) is -4.08. The van der Waals surface area contributed by atoms with Crippen molar-refractivity contribution < 1.29 is 27.1 Å². The first-order valence-electron chi connectivity index (χ1n) is 11.0. The average Bonchev–Trinajstić information content (AvgIpc) is 2.87. The molecule has 1 N–H and O–H groups in total. The lowest BCUT2D eigenvalue weighted by Crippen LogP contribution is -2.42. The van der Waals surface area contributed by atoms with Crippen LogP contribution in [0.3, 0.4) is 0 Å². The van der Waals surface area contributed by atoms with Crippen molar-refractivity contribution in [2.24, 2.45) is 0 Å². The van der Waals surface area contributed by atoms with Gasteiger partial charge in [-0.2, -0.15) is 0 Å². The van der Waals surface area contributed by atoms with E-state index in [1.54, 1.807) is 47.4 Å². The van der Waals surface area contributed by atoms with Gasteiger partial charge >= 0.3 is 0 Å². The lowest BCUT2D eigenvalue weighted by atomic mass is 10.0. The van der Waals surface area contributed by atoms with Crippen molar-refractivity contribution in [3.05, 3.63) is 78.1 Å². The summed E-state index contributed by atoms with van der Waals surface area (Å²) >= 11 is 0. The summed E-state index contributed by atoms with van der Waals surface area (Å²) in [6.45, 7) is 1.22. The molecule has 0 bridgehead atoms. The zero-order valence-corrected chi connectivity index (χ0v) is 19.4. The van der Waals surface area contributed by atoms with Gasteiger partial charge in [-0.15, -0.1) is 0 Å². The summed E-state index contributed by atoms with van der Waals surface area (Å²) < 4.78 is 47.1. The number of rotatable bonds is 4. The number of hydrogen-bond acceptors (Lipinski definition) is 5. The first kappa shape index (κ1) is 23.0. The van der Waals surface area contributed by atoms with E-state index in [-0.39, 0.29) is 22.2 Å². The third kappa shape index (κ3) is 4.26. The number of nitrogens with zero attached hydrogens (tertiary/aromatic N) is 2. The summed E-state index contributed by atoms with van der Waals surface area (Å²) in [5, 5.41) is 2.68. The Morgan fingerprint density at radius 1 is 0.943 bits per heavy atom. The first-order valence-corrected chi connectivity index (χ1v) is 12.5. The Kier molecular flexibility index (Phi) is 6.00. The number of amides is 2. The monoisotopic (exact) mass is 495 g/mol. The van der Waals surface area contributed by atoms with Crippen LogP contribution in [0.1, 0.15) is 10.4 Å². The summed E-state index contributed by atoms with van der Waals surface area (Å²) in [5.74, 6) is -1.40. The van der Waals surface area contributed by atoms with Crippen LogP contribution in [0.15, 0.2) is 71.6 Å². The largest absolute Gasteiger partial charge is 0.378 e. The molecular formula is C25H22FN3O5S. The van der Waals surface area contributed by atoms with Gasteiger partial charge in [0, 0.05) is 24.2 Å². The molecule has 3 aromatic carbocycles. The molecule has 2 amide bonds. The molecule has 0 atom stereocenters. The van der Waals surface area contributed by atoms with E-state index in [1.165, 1.54) is 18.2 Å². The van der Waals surface area contributed by atoms with Crippen LogP contribution in [0, 0.1) is 5.82 Å². The molecular weight excluding hydrogens is 473 g/mol. The minimum Gasteiger partial charge on any atom is -0.378 e. The van der Waals surface area contributed by atoms with Gasteiger partial charge in [0.1, 0.15) is 12.4 Å². The molecule has 180 valence electrons. The number of para-hydroxylation sites is 1. The van der Waals surface area contributed by atoms with Gasteiger partial charge < -0.3 is 15.0 Å². The van der Waals surface area contributed by atoms with Crippen LogP contribution in [0.4, 0.5) is 15.8 Å². The second-order valence-electron chi connectivity index (χ2n) is 8.17. The number of morpholine rings is 1. The van der Waals surface area contributed by atoms with Gasteiger partial charge in [-0.1, -0.05) is 30.3 Å². The Labute approximate surface area is 202 Å². The van der Waals surface area contributed by atoms with Gasteiger partial charge in [-0.05, 0) is 36.4 Å². The van der Waals surface area contributed by atoms with Crippen LogP contribution in [-0.4, -0.2) is 58.0 Å². The van der Waals surface area contributed by atoms with Crippen LogP contribution >= 0.6 is 0 Å². The van der Waals surface area contributed by atoms with Crippen molar-refractivity contribution in [2.75, 3.05) is 42.5 Å². The highest BCUT2D eigenvalue weighted by Gasteiger charge is 2.36. The molecule has 2 heterocycles. The molecule has 8 nitrogen and oxygen atoms in total. The topological polar surface area (TPSA) is 96.0 Å². The van der Waals surface area contributed by atoms with Crippen LogP contribution < -0.4 is 9.62 Å². The number of halogens is 1. The number of fused-ring (bicyclic) bond motifs is 3. The Hall–Kier alpha value is -3.76. The lowest BCUT2D eigenvalue weighted by molar-refractivity contribution is -0.114. The summed E-state index contributed by atoms with van der Waals surface area (Å²) in [6, 6.07) is 16.6. The van der Waals surface area contributed by atoms with Crippen molar-refractivity contribution in [1.29, 1.82) is 0 Å². The molecule has 2 aliphatic heterocycles. The molecule has 0 aliphatic carbocycles. The van der Waals surface area contributed by atoms with Gasteiger partial charge in [0.2, 0.25) is 5.91 Å². The number of carbonyl (C=O) groups is 2. The minimum atomic E-state index is -4.08. The zero-order chi connectivity index (χ0) is 24.6. The third-order valence-electron chi connectivity index (χ3n) is 5.99. The Morgan fingerprint density at radius 2 is 1.66 bits per heavy atom. The second kappa shape index (κ2) is 9.12. The van der Waals surface area contributed by atoms with Crippen molar-refractivity contribution >= 4 is 33.2 Å². The number of carbonyl (C=O) groups excluding carboxylic acids is 2. The van der Waals surface area contributed by atoms with Gasteiger partial charge in [0.05, 0.1) is 35.0 Å².